The molecule has 1 heterocycles. The molecule has 2 rings (SSSR count). The second-order valence-corrected chi connectivity index (χ2v) is 5.26. The van der Waals surface area contributed by atoms with Crippen molar-refractivity contribution < 1.29 is 0 Å². The number of rotatable bonds is 6. The molecule has 1 aromatic carbocycles. The zero-order valence-corrected chi connectivity index (χ0v) is 13.0. The maximum atomic E-state index is 4.59. The van der Waals surface area contributed by atoms with Crippen molar-refractivity contribution in [1.82, 2.24) is 15.1 Å². The lowest BCUT2D eigenvalue weighted by molar-refractivity contribution is 0.529. The number of nitrogens with one attached hydrogen (secondary N) is 1. The SMILES string of the molecule is CCc1cc(CN[C@@H](C)c2ccccc2C)n(CC)n1. The van der Waals surface area contributed by atoms with Crippen molar-refractivity contribution in [3.8, 4) is 0 Å². The molecule has 1 atom stereocenters. The minimum absolute atomic E-state index is 0.349. The maximum Gasteiger partial charge on any atom is 0.0625 e. The molecule has 0 aliphatic heterocycles. The third kappa shape index (κ3) is 3.28. The average Bonchev–Trinajstić information content (AvgIpc) is 2.87. The normalized spacial score (nSPS) is 12.6. The monoisotopic (exact) mass is 271 g/mol. The molecule has 0 bridgehead atoms. The molecule has 0 spiro atoms. The van der Waals surface area contributed by atoms with Crippen molar-refractivity contribution >= 4 is 0 Å². The summed E-state index contributed by atoms with van der Waals surface area (Å²) in [5.74, 6) is 0. The van der Waals surface area contributed by atoms with E-state index in [9.17, 15) is 0 Å². The molecule has 20 heavy (non-hydrogen) atoms. The first-order chi connectivity index (χ1) is 9.65. The van der Waals surface area contributed by atoms with E-state index < -0.39 is 0 Å². The van der Waals surface area contributed by atoms with Gasteiger partial charge in [0.15, 0.2) is 0 Å². The van der Waals surface area contributed by atoms with Crippen LogP contribution in [0.25, 0.3) is 0 Å². The molecule has 2 aromatic rings. The molecule has 108 valence electrons. The Labute approximate surface area is 122 Å². The average molecular weight is 271 g/mol. The smallest absolute Gasteiger partial charge is 0.0625 e. The standard InChI is InChI=1S/C17H25N3/c1-5-15-11-16(20(6-2)19-15)12-18-14(4)17-10-8-7-9-13(17)3/h7-11,14,18H,5-6,12H2,1-4H3/t14-/m0/s1. The highest BCUT2D eigenvalue weighted by Crippen LogP contribution is 2.17. The molecule has 3 heteroatoms. The van der Waals surface area contributed by atoms with Gasteiger partial charge in [0, 0.05) is 19.1 Å². The quantitative estimate of drug-likeness (QED) is 0.869. The van der Waals surface area contributed by atoms with Crippen molar-refractivity contribution in [3.05, 3.63) is 52.8 Å². The van der Waals surface area contributed by atoms with E-state index in [2.05, 4.69) is 73.1 Å². The second-order valence-electron chi connectivity index (χ2n) is 5.26. The van der Waals surface area contributed by atoms with Crippen LogP contribution >= 0.6 is 0 Å². The van der Waals surface area contributed by atoms with Crippen LogP contribution in [0.1, 0.15) is 49.3 Å². The number of hydrogen-bond donors (Lipinski definition) is 1. The minimum Gasteiger partial charge on any atom is -0.305 e. The van der Waals surface area contributed by atoms with E-state index >= 15 is 0 Å². The Bertz CT molecular complexity index is 557. The summed E-state index contributed by atoms with van der Waals surface area (Å²) in [7, 11) is 0. The predicted molar refractivity (Wildman–Crippen MR) is 83.7 cm³/mol. The molecule has 0 amide bonds. The molecule has 0 aliphatic rings. The third-order valence-corrected chi connectivity index (χ3v) is 3.82. The van der Waals surface area contributed by atoms with Crippen molar-refractivity contribution in [2.75, 3.05) is 0 Å². The van der Waals surface area contributed by atoms with Crippen LogP contribution in [0.15, 0.2) is 30.3 Å². The van der Waals surface area contributed by atoms with Crippen molar-refractivity contribution in [3.63, 3.8) is 0 Å². The first-order valence-corrected chi connectivity index (χ1v) is 7.50. The second kappa shape index (κ2) is 6.71. The highest BCUT2D eigenvalue weighted by atomic mass is 15.3. The fourth-order valence-electron chi connectivity index (χ4n) is 2.54. The van der Waals surface area contributed by atoms with Gasteiger partial charge in [-0.3, -0.25) is 4.68 Å². The lowest BCUT2D eigenvalue weighted by atomic mass is 10.0. The molecular formula is C17H25N3. The fourth-order valence-corrected chi connectivity index (χ4v) is 2.54. The summed E-state index contributed by atoms with van der Waals surface area (Å²) < 4.78 is 2.09. The van der Waals surface area contributed by atoms with E-state index in [0.717, 1.165) is 19.5 Å². The van der Waals surface area contributed by atoms with E-state index in [1.807, 2.05) is 0 Å². The molecule has 3 nitrogen and oxygen atoms in total. The summed E-state index contributed by atoms with van der Waals surface area (Å²) in [6.07, 6.45) is 0.993. The zero-order valence-electron chi connectivity index (χ0n) is 13.0. The van der Waals surface area contributed by atoms with Crippen LogP contribution in [0.2, 0.25) is 0 Å². The van der Waals surface area contributed by atoms with Gasteiger partial charge in [-0.05, 0) is 44.4 Å². The van der Waals surface area contributed by atoms with Crippen LogP contribution in [-0.2, 0) is 19.5 Å². The summed E-state index contributed by atoms with van der Waals surface area (Å²) in [5.41, 5.74) is 5.15. The molecule has 0 aliphatic carbocycles. The Kier molecular flexibility index (Phi) is 4.96. The highest BCUT2D eigenvalue weighted by Gasteiger charge is 2.10. The Morgan fingerprint density at radius 3 is 2.65 bits per heavy atom. The van der Waals surface area contributed by atoms with Crippen molar-refractivity contribution in [1.29, 1.82) is 0 Å². The Hall–Kier alpha value is -1.61. The third-order valence-electron chi connectivity index (χ3n) is 3.82. The number of nitrogens with zero attached hydrogens (tertiary/aromatic N) is 2. The molecule has 0 saturated carbocycles. The zero-order chi connectivity index (χ0) is 14.5. The van der Waals surface area contributed by atoms with Gasteiger partial charge in [-0.1, -0.05) is 31.2 Å². The van der Waals surface area contributed by atoms with Gasteiger partial charge in [0.2, 0.25) is 0 Å². The Morgan fingerprint density at radius 1 is 1.25 bits per heavy atom. The fraction of sp³-hybridized carbons (Fsp3) is 0.471. The number of hydrogen-bond acceptors (Lipinski definition) is 2. The van der Waals surface area contributed by atoms with Crippen molar-refractivity contribution in [2.45, 2.75) is 53.2 Å². The molecule has 0 fully saturated rings. The van der Waals surface area contributed by atoms with Crippen LogP contribution in [0.3, 0.4) is 0 Å². The lowest BCUT2D eigenvalue weighted by Gasteiger charge is -2.16. The highest BCUT2D eigenvalue weighted by molar-refractivity contribution is 5.28. The first kappa shape index (κ1) is 14.8. The molecular weight excluding hydrogens is 246 g/mol. The van der Waals surface area contributed by atoms with Gasteiger partial charge in [-0.25, -0.2) is 0 Å². The van der Waals surface area contributed by atoms with E-state index in [0.29, 0.717) is 6.04 Å². The van der Waals surface area contributed by atoms with Gasteiger partial charge in [0.05, 0.1) is 11.4 Å². The van der Waals surface area contributed by atoms with Crippen LogP contribution in [0.5, 0.6) is 0 Å². The van der Waals surface area contributed by atoms with E-state index in [4.69, 9.17) is 0 Å². The van der Waals surface area contributed by atoms with E-state index in [1.165, 1.54) is 22.5 Å². The van der Waals surface area contributed by atoms with Crippen LogP contribution in [-0.4, -0.2) is 9.78 Å². The number of aromatic nitrogens is 2. The molecule has 0 unspecified atom stereocenters. The van der Waals surface area contributed by atoms with Gasteiger partial charge < -0.3 is 5.32 Å². The lowest BCUT2D eigenvalue weighted by Crippen LogP contribution is -2.20. The molecule has 1 N–H and O–H groups in total. The van der Waals surface area contributed by atoms with Crippen LogP contribution in [0, 0.1) is 6.92 Å². The Morgan fingerprint density at radius 2 is 2.00 bits per heavy atom. The largest absolute Gasteiger partial charge is 0.305 e. The first-order valence-electron chi connectivity index (χ1n) is 7.50. The summed E-state index contributed by atoms with van der Waals surface area (Å²) in [5, 5.41) is 8.20. The molecule has 1 aromatic heterocycles. The summed E-state index contributed by atoms with van der Waals surface area (Å²) in [6, 6.07) is 11.1. The van der Waals surface area contributed by atoms with Gasteiger partial charge in [-0.15, -0.1) is 0 Å². The number of aryl methyl sites for hydroxylation is 3. The number of benzene rings is 1. The van der Waals surface area contributed by atoms with Crippen molar-refractivity contribution in [2.24, 2.45) is 0 Å². The topological polar surface area (TPSA) is 29.9 Å². The van der Waals surface area contributed by atoms with Gasteiger partial charge in [-0.2, -0.15) is 5.10 Å². The van der Waals surface area contributed by atoms with Gasteiger partial charge >= 0.3 is 0 Å². The van der Waals surface area contributed by atoms with Crippen LogP contribution < -0.4 is 5.32 Å². The van der Waals surface area contributed by atoms with E-state index in [1.54, 1.807) is 0 Å². The van der Waals surface area contributed by atoms with Crippen LogP contribution in [0.4, 0.5) is 0 Å². The van der Waals surface area contributed by atoms with Gasteiger partial charge in [0.25, 0.3) is 0 Å². The summed E-state index contributed by atoms with van der Waals surface area (Å²) >= 11 is 0. The predicted octanol–water partition coefficient (Wildman–Crippen LogP) is 3.62. The summed E-state index contributed by atoms with van der Waals surface area (Å²) in [6.45, 7) is 10.5. The molecule has 0 radical (unpaired) electrons. The molecule has 0 saturated heterocycles. The Balaban J connectivity index is 2.05. The summed E-state index contributed by atoms with van der Waals surface area (Å²) in [4.78, 5) is 0. The minimum atomic E-state index is 0.349. The van der Waals surface area contributed by atoms with E-state index in [-0.39, 0.29) is 0 Å². The maximum absolute atomic E-state index is 4.59. The van der Waals surface area contributed by atoms with Gasteiger partial charge in [0.1, 0.15) is 0 Å².